The number of rotatable bonds is 5. The highest BCUT2D eigenvalue weighted by Gasteiger charge is 2.06. The lowest BCUT2D eigenvalue weighted by molar-refractivity contribution is -0.120. The second kappa shape index (κ2) is 6.14. The fourth-order valence-corrected chi connectivity index (χ4v) is 2.03. The van der Waals surface area contributed by atoms with Crippen LogP contribution in [0.4, 0.5) is 5.82 Å². The molecule has 0 atom stereocenters. The number of anilines is 1. The predicted molar refractivity (Wildman–Crippen MR) is 74.4 cm³/mol. The summed E-state index contributed by atoms with van der Waals surface area (Å²) in [4.78, 5) is 17.5. The monoisotopic (exact) mass is 278 g/mol. The van der Waals surface area contributed by atoms with E-state index in [-0.39, 0.29) is 12.5 Å². The first-order chi connectivity index (χ1) is 9.15. The third-order valence-electron chi connectivity index (χ3n) is 2.26. The lowest BCUT2D eigenvalue weighted by Gasteiger charge is -2.03. The van der Waals surface area contributed by atoms with Crippen LogP contribution in [0.15, 0.2) is 28.7 Å². The number of nitrogens with zero attached hydrogens (tertiary/aromatic N) is 3. The Labute approximate surface area is 114 Å². The van der Waals surface area contributed by atoms with Gasteiger partial charge < -0.3 is 10.2 Å². The van der Waals surface area contributed by atoms with Crippen LogP contribution < -0.4 is 5.32 Å². The molecule has 19 heavy (non-hydrogen) atoms. The molecule has 0 unspecified atom stereocenters. The van der Waals surface area contributed by atoms with Gasteiger partial charge in [0, 0.05) is 18.0 Å². The largest absolute Gasteiger partial charge is 0.386 e. The molecule has 0 aliphatic rings. The maximum absolute atomic E-state index is 11.6. The molecule has 100 valence electrons. The summed E-state index contributed by atoms with van der Waals surface area (Å²) in [5.41, 5.74) is 0.842. The fraction of sp³-hybridized carbons (Fsp3) is 0.250. The minimum Gasteiger partial charge on any atom is -0.386 e. The predicted octanol–water partition coefficient (Wildman–Crippen LogP) is 1.78. The molecule has 0 aliphatic heterocycles. The molecule has 0 spiro atoms. The van der Waals surface area contributed by atoms with Crippen LogP contribution in [0.3, 0.4) is 0 Å². The van der Waals surface area contributed by atoms with Gasteiger partial charge in [-0.15, -0.1) is 11.3 Å². The molecule has 2 heterocycles. The van der Waals surface area contributed by atoms with Crippen molar-refractivity contribution in [3.63, 3.8) is 0 Å². The first-order valence-corrected chi connectivity index (χ1v) is 6.52. The van der Waals surface area contributed by atoms with Gasteiger partial charge in [0.1, 0.15) is 5.82 Å². The molecule has 0 bridgehead atoms. The number of amides is 1. The standard InChI is InChI=1S/C12H14N4O2S/c1-9-6-11(16(2)15-9)14-12(17)8-18-13-7-10-4-3-5-19-10/h3-7H,8H2,1-2H3,(H,14,17). The van der Waals surface area contributed by atoms with Crippen molar-refractivity contribution in [3.05, 3.63) is 34.2 Å². The van der Waals surface area contributed by atoms with Crippen LogP contribution in [0.1, 0.15) is 10.6 Å². The maximum atomic E-state index is 11.6. The van der Waals surface area contributed by atoms with Crippen LogP contribution in [-0.4, -0.2) is 28.5 Å². The molecule has 6 nitrogen and oxygen atoms in total. The van der Waals surface area contributed by atoms with Crippen LogP contribution in [0.2, 0.25) is 0 Å². The summed E-state index contributed by atoms with van der Waals surface area (Å²) in [6.07, 6.45) is 1.58. The molecular formula is C12H14N4O2S. The molecule has 0 fully saturated rings. The van der Waals surface area contributed by atoms with E-state index in [1.54, 1.807) is 35.3 Å². The van der Waals surface area contributed by atoms with E-state index >= 15 is 0 Å². The zero-order valence-corrected chi connectivity index (χ0v) is 11.5. The Bertz CT molecular complexity index is 575. The van der Waals surface area contributed by atoms with E-state index in [1.165, 1.54) is 0 Å². The first kappa shape index (κ1) is 13.3. The van der Waals surface area contributed by atoms with E-state index in [0.29, 0.717) is 5.82 Å². The summed E-state index contributed by atoms with van der Waals surface area (Å²) in [5, 5.41) is 12.5. The number of aryl methyl sites for hydroxylation is 2. The Hall–Kier alpha value is -2.15. The van der Waals surface area contributed by atoms with E-state index in [0.717, 1.165) is 10.6 Å². The topological polar surface area (TPSA) is 68.5 Å². The Morgan fingerprint density at radius 2 is 2.53 bits per heavy atom. The van der Waals surface area contributed by atoms with Gasteiger partial charge >= 0.3 is 0 Å². The quantitative estimate of drug-likeness (QED) is 0.669. The van der Waals surface area contributed by atoms with Gasteiger partial charge in [-0.3, -0.25) is 9.48 Å². The Morgan fingerprint density at radius 1 is 1.68 bits per heavy atom. The Kier molecular flexibility index (Phi) is 4.30. The average molecular weight is 278 g/mol. The number of hydrogen-bond acceptors (Lipinski definition) is 5. The smallest absolute Gasteiger partial charge is 0.266 e. The summed E-state index contributed by atoms with van der Waals surface area (Å²) in [6.45, 7) is 1.73. The van der Waals surface area contributed by atoms with Crippen LogP contribution in [0, 0.1) is 6.92 Å². The highest BCUT2D eigenvalue weighted by Crippen LogP contribution is 2.07. The molecule has 2 rings (SSSR count). The molecule has 7 heteroatoms. The highest BCUT2D eigenvalue weighted by molar-refractivity contribution is 7.11. The minimum absolute atomic E-state index is 0.133. The van der Waals surface area contributed by atoms with Gasteiger partial charge in [0.2, 0.25) is 0 Å². The Morgan fingerprint density at radius 3 is 3.16 bits per heavy atom. The van der Waals surface area contributed by atoms with Gasteiger partial charge in [-0.05, 0) is 18.4 Å². The second-order valence-corrected chi connectivity index (χ2v) is 4.85. The third kappa shape index (κ3) is 3.92. The van der Waals surface area contributed by atoms with Gasteiger partial charge in [-0.1, -0.05) is 11.2 Å². The van der Waals surface area contributed by atoms with E-state index in [1.807, 2.05) is 24.4 Å². The minimum atomic E-state index is -0.272. The number of aromatic nitrogens is 2. The van der Waals surface area contributed by atoms with Crippen molar-refractivity contribution in [2.45, 2.75) is 6.92 Å². The van der Waals surface area contributed by atoms with Crippen molar-refractivity contribution in [1.29, 1.82) is 0 Å². The van der Waals surface area contributed by atoms with Gasteiger partial charge in [0.15, 0.2) is 6.61 Å². The highest BCUT2D eigenvalue weighted by atomic mass is 32.1. The average Bonchev–Trinajstić information content (AvgIpc) is 2.96. The number of thiophene rings is 1. The zero-order chi connectivity index (χ0) is 13.7. The molecule has 0 saturated carbocycles. The lowest BCUT2D eigenvalue weighted by atomic mass is 10.4. The van der Waals surface area contributed by atoms with Crippen molar-refractivity contribution >= 4 is 29.3 Å². The molecule has 1 amide bonds. The number of nitrogens with one attached hydrogen (secondary N) is 1. The molecule has 0 saturated heterocycles. The molecule has 0 aliphatic carbocycles. The van der Waals surface area contributed by atoms with E-state index in [4.69, 9.17) is 4.84 Å². The van der Waals surface area contributed by atoms with Crippen molar-refractivity contribution in [3.8, 4) is 0 Å². The van der Waals surface area contributed by atoms with E-state index < -0.39 is 0 Å². The van der Waals surface area contributed by atoms with Gasteiger partial charge in [-0.2, -0.15) is 5.10 Å². The van der Waals surface area contributed by atoms with Crippen molar-refractivity contribution in [1.82, 2.24) is 9.78 Å². The molecule has 2 aromatic rings. The summed E-state index contributed by atoms with van der Waals surface area (Å²) >= 11 is 1.55. The summed E-state index contributed by atoms with van der Waals surface area (Å²) < 4.78 is 1.60. The first-order valence-electron chi connectivity index (χ1n) is 5.64. The number of carbonyl (C=O) groups is 1. The van der Waals surface area contributed by atoms with E-state index in [2.05, 4.69) is 15.6 Å². The van der Waals surface area contributed by atoms with Crippen molar-refractivity contribution in [2.75, 3.05) is 11.9 Å². The third-order valence-corrected chi connectivity index (χ3v) is 3.07. The molecule has 2 aromatic heterocycles. The molecule has 0 radical (unpaired) electrons. The van der Waals surface area contributed by atoms with Gasteiger partial charge in [-0.25, -0.2) is 0 Å². The van der Waals surface area contributed by atoms with E-state index in [9.17, 15) is 4.79 Å². The number of hydrogen-bond donors (Lipinski definition) is 1. The molecule has 1 N–H and O–H groups in total. The summed E-state index contributed by atoms with van der Waals surface area (Å²) in [7, 11) is 1.76. The Balaban J connectivity index is 1.77. The molecular weight excluding hydrogens is 264 g/mol. The van der Waals surface area contributed by atoms with Crippen LogP contribution in [0.5, 0.6) is 0 Å². The fourth-order valence-electron chi connectivity index (χ4n) is 1.46. The maximum Gasteiger partial charge on any atom is 0.266 e. The molecule has 0 aromatic carbocycles. The summed E-state index contributed by atoms with van der Waals surface area (Å²) in [5.74, 6) is 0.361. The second-order valence-electron chi connectivity index (χ2n) is 3.87. The van der Waals surface area contributed by atoms with Gasteiger partial charge in [0.05, 0.1) is 11.9 Å². The summed E-state index contributed by atoms with van der Waals surface area (Å²) in [6, 6.07) is 5.62. The van der Waals surface area contributed by atoms with Crippen molar-refractivity contribution in [2.24, 2.45) is 12.2 Å². The normalized spacial score (nSPS) is 10.8. The SMILES string of the molecule is Cc1cc(NC(=O)CON=Cc2cccs2)n(C)n1. The van der Waals surface area contributed by atoms with Crippen LogP contribution in [0.25, 0.3) is 0 Å². The van der Waals surface area contributed by atoms with Crippen LogP contribution >= 0.6 is 11.3 Å². The van der Waals surface area contributed by atoms with Crippen LogP contribution in [-0.2, 0) is 16.7 Å². The van der Waals surface area contributed by atoms with Crippen molar-refractivity contribution < 1.29 is 9.63 Å². The van der Waals surface area contributed by atoms with Gasteiger partial charge in [0.25, 0.3) is 5.91 Å². The number of oxime groups is 1. The zero-order valence-electron chi connectivity index (χ0n) is 10.7. The number of carbonyl (C=O) groups excluding carboxylic acids is 1. The lowest BCUT2D eigenvalue weighted by Crippen LogP contribution is -2.18.